The molecule has 0 radical (unpaired) electrons. The number of benzene rings is 2. The second-order valence-corrected chi connectivity index (χ2v) is 9.01. The van der Waals surface area contributed by atoms with E-state index in [1.165, 1.54) is 16.0 Å². The van der Waals surface area contributed by atoms with Gasteiger partial charge in [0.1, 0.15) is 11.4 Å². The lowest BCUT2D eigenvalue weighted by atomic mass is 10.1. The molecule has 6 heteroatoms. The normalized spacial score (nSPS) is 14.2. The number of methoxy groups -OCH3 is 1. The van der Waals surface area contributed by atoms with Gasteiger partial charge >= 0.3 is 0 Å². The number of anilines is 1. The Kier molecular flexibility index (Phi) is 5.86. The summed E-state index contributed by atoms with van der Waals surface area (Å²) in [6, 6.07) is 22.8. The van der Waals surface area contributed by atoms with E-state index in [4.69, 9.17) is 4.74 Å². The first-order chi connectivity index (χ1) is 15.7. The zero-order valence-electron chi connectivity index (χ0n) is 18.2. The van der Waals surface area contributed by atoms with Crippen LogP contribution in [-0.4, -0.2) is 48.7 Å². The smallest absolute Gasteiger partial charge is 0.270 e. The van der Waals surface area contributed by atoms with E-state index in [0.717, 1.165) is 56.1 Å². The Bertz CT molecular complexity index is 1190. The second kappa shape index (κ2) is 9.09. The van der Waals surface area contributed by atoms with Gasteiger partial charge in [-0.3, -0.25) is 4.79 Å². The first kappa shape index (κ1) is 20.6. The molecule has 1 amide bonds. The lowest BCUT2D eigenvalue weighted by molar-refractivity contribution is 0.0736. The summed E-state index contributed by atoms with van der Waals surface area (Å²) < 4.78 is 8.64. The molecule has 0 unspecified atom stereocenters. The summed E-state index contributed by atoms with van der Waals surface area (Å²) in [5.41, 5.74) is 4.42. The summed E-state index contributed by atoms with van der Waals surface area (Å²) in [5, 5.41) is 2.10. The number of nitrogens with zero attached hydrogens (tertiary/aromatic N) is 3. The van der Waals surface area contributed by atoms with E-state index in [2.05, 4.69) is 63.4 Å². The Morgan fingerprint density at radius 2 is 1.72 bits per heavy atom. The molecule has 1 fully saturated rings. The van der Waals surface area contributed by atoms with Gasteiger partial charge in [-0.2, -0.15) is 0 Å². The first-order valence-electron chi connectivity index (χ1n) is 11.0. The highest BCUT2D eigenvalue weighted by Crippen LogP contribution is 2.27. The van der Waals surface area contributed by atoms with Crippen molar-refractivity contribution in [2.45, 2.75) is 13.0 Å². The molecule has 0 saturated carbocycles. The van der Waals surface area contributed by atoms with Gasteiger partial charge in [-0.15, -0.1) is 11.3 Å². The number of hydrogen-bond acceptors (Lipinski definition) is 4. The Balaban J connectivity index is 1.30. The summed E-state index contributed by atoms with van der Waals surface area (Å²) in [4.78, 5) is 17.8. The number of carbonyl (C=O) groups excluding carboxylic acids is 1. The predicted octanol–water partition coefficient (Wildman–Crippen LogP) is 4.92. The topological polar surface area (TPSA) is 37.7 Å². The SMILES string of the molecule is COc1ccc(N2CCN(C(=O)c3cc4sccc4n3CCc3ccccc3)CC2)cc1. The monoisotopic (exact) mass is 445 g/mol. The van der Waals surface area contributed by atoms with Gasteiger partial charge in [-0.1, -0.05) is 30.3 Å². The maximum Gasteiger partial charge on any atom is 0.270 e. The molecule has 1 saturated heterocycles. The number of thiophene rings is 1. The van der Waals surface area contributed by atoms with Crippen molar-refractivity contribution in [2.75, 3.05) is 38.2 Å². The molecule has 0 atom stereocenters. The van der Waals surface area contributed by atoms with Crippen LogP contribution in [0.15, 0.2) is 72.1 Å². The fourth-order valence-corrected chi connectivity index (χ4v) is 5.23. The molecule has 0 spiro atoms. The Morgan fingerprint density at radius 3 is 2.44 bits per heavy atom. The van der Waals surface area contributed by atoms with Crippen LogP contribution in [-0.2, 0) is 13.0 Å². The maximum absolute atomic E-state index is 13.5. The number of piperazine rings is 1. The fraction of sp³-hybridized carbons (Fsp3) is 0.269. The molecule has 0 aliphatic carbocycles. The van der Waals surface area contributed by atoms with Crippen LogP contribution in [0.1, 0.15) is 16.1 Å². The Morgan fingerprint density at radius 1 is 0.969 bits per heavy atom. The van der Waals surface area contributed by atoms with E-state index >= 15 is 0 Å². The van der Waals surface area contributed by atoms with Crippen LogP contribution in [0.2, 0.25) is 0 Å². The van der Waals surface area contributed by atoms with Crippen LogP contribution in [0.4, 0.5) is 5.69 Å². The minimum absolute atomic E-state index is 0.135. The summed E-state index contributed by atoms with van der Waals surface area (Å²) >= 11 is 1.70. The molecule has 164 valence electrons. The molecule has 1 aliphatic heterocycles. The molecule has 2 aromatic carbocycles. The van der Waals surface area contributed by atoms with Crippen LogP contribution in [0.5, 0.6) is 5.75 Å². The number of ether oxygens (including phenoxy) is 1. The lowest BCUT2D eigenvalue weighted by Gasteiger charge is -2.36. The third kappa shape index (κ3) is 4.10. The molecule has 5 nitrogen and oxygen atoms in total. The molecular formula is C26H27N3O2S. The quantitative estimate of drug-likeness (QED) is 0.423. The number of aromatic nitrogens is 1. The van der Waals surface area contributed by atoms with Crippen molar-refractivity contribution in [3.63, 3.8) is 0 Å². The average Bonchev–Trinajstić information content (AvgIpc) is 3.45. The zero-order valence-corrected chi connectivity index (χ0v) is 19.1. The Hall–Kier alpha value is -3.25. The predicted molar refractivity (Wildman–Crippen MR) is 131 cm³/mol. The molecule has 2 aromatic heterocycles. The highest BCUT2D eigenvalue weighted by atomic mass is 32.1. The van der Waals surface area contributed by atoms with Gasteiger partial charge < -0.3 is 19.1 Å². The first-order valence-corrected chi connectivity index (χ1v) is 11.9. The van der Waals surface area contributed by atoms with E-state index in [1.54, 1.807) is 18.4 Å². The van der Waals surface area contributed by atoms with Crippen LogP contribution in [0.3, 0.4) is 0 Å². The second-order valence-electron chi connectivity index (χ2n) is 8.06. The average molecular weight is 446 g/mol. The van der Waals surface area contributed by atoms with Crippen molar-refractivity contribution >= 4 is 33.1 Å². The summed E-state index contributed by atoms with van der Waals surface area (Å²) in [6.45, 7) is 3.91. The highest BCUT2D eigenvalue weighted by Gasteiger charge is 2.25. The maximum atomic E-state index is 13.5. The molecule has 0 bridgehead atoms. The van der Waals surface area contributed by atoms with Crippen LogP contribution in [0, 0.1) is 0 Å². The van der Waals surface area contributed by atoms with Crippen molar-refractivity contribution in [3.8, 4) is 5.75 Å². The number of rotatable bonds is 6. The van der Waals surface area contributed by atoms with Gasteiger partial charge in [-0.05, 0) is 53.8 Å². The lowest BCUT2D eigenvalue weighted by Crippen LogP contribution is -2.49. The molecular weight excluding hydrogens is 418 g/mol. The number of amides is 1. The number of aryl methyl sites for hydroxylation is 2. The minimum Gasteiger partial charge on any atom is -0.497 e. The third-order valence-electron chi connectivity index (χ3n) is 6.21. The minimum atomic E-state index is 0.135. The summed E-state index contributed by atoms with van der Waals surface area (Å²) in [5.74, 6) is 0.995. The third-order valence-corrected chi connectivity index (χ3v) is 7.07. The van der Waals surface area contributed by atoms with E-state index in [-0.39, 0.29) is 5.91 Å². The van der Waals surface area contributed by atoms with Crippen molar-refractivity contribution in [1.82, 2.24) is 9.47 Å². The largest absolute Gasteiger partial charge is 0.497 e. The van der Waals surface area contributed by atoms with E-state index in [0.29, 0.717) is 0 Å². The van der Waals surface area contributed by atoms with E-state index in [9.17, 15) is 4.79 Å². The summed E-state index contributed by atoms with van der Waals surface area (Å²) in [7, 11) is 1.68. The molecule has 1 aliphatic rings. The molecule has 0 N–H and O–H groups in total. The number of fused-ring (bicyclic) bond motifs is 1. The van der Waals surface area contributed by atoms with Crippen LogP contribution in [0.25, 0.3) is 10.2 Å². The van der Waals surface area contributed by atoms with E-state index in [1.807, 2.05) is 23.1 Å². The van der Waals surface area contributed by atoms with Crippen molar-refractivity contribution < 1.29 is 9.53 Å². The summed E-state index contributed by atoms with van der Waals surface area (Å²) in [6.07, 6.45) is 0.909. The van der Waals surface area contributed by atoms with Gasteiger partial charge in [0, 0.05) is 38.4 Å². The van der Waals surface area contributed by atoms with Crippen molar-refractivity contribution in [2.24, 2.45) is 0 Å². The molecule has 5 rings (SSSR count). The van der Waals surface area contributed by atoms with Crippen LogP contribution >= 0.6 is 11.3 Å². The Labute approximate surface area is 192 Å². The standard InChI is InChI=1S/C26H27N3O2S/c1-31-22-9-7-21(8-10-22)27-14-16-28(17-15-27)26(30)24-19-25-23(12-18-32-25)29(24)13-11-20-5-3-2-4-6-20/h2-10,12,18-19H,11,13-17H2,1H3. The van der Waals surface area contributed by atoms with E-state index < -0.39 is 0 Å². The van der Waals surface area contributed by atoms with Gasteiger partial charge in [-0.25, -0.2) is 0 Å². The number of hydrogen-bond donors (Lipinski definition) is 0. The highest BCUT2D eigenvalue weighted by molar-refractivity contribution is 7.17. The van der Waals surface area contributed by atoms with Gasteiger partial charge in [0.05, 0.1) is 17.3 Å². The fourth-order valence-electron chi connectivity index (χ4n) is 4.40. The van der Waals surface area contributed by atoms with Crippen LogP contribution < -0.4 is 9.64 Å². The molecule has 32 heavy (non-hydrogen) atoms. The molecule has 3 heterocycles. The zero-order chi connectivity index (χ0) is 21.9. The van der Waals surface area contributed by atoms with Crippen molar-refractivity contribution in [1.29, 1.82) is 0 Å². The molecule has 4 aromatic rings. The number of carbonyl (C=O) groups is 1. The van der Waals surface area contributed by atoms with Crippen molar-refractivity contribution in [3.05, 3.63) is 83.4 Å². The van der Waals surface area contributed by atoms with Gasteiger partial charge in [0.2, 0.25) is 0 Å². The van der Waals surface area contributed by atoms with Gasteiger partial charge in [0.25, 0.3) is 5.91 Å². The van der Waals surface area contributed by atoms with Gasteiger partial charge in [0.15, 0.2) is 0 Å².